The van der Waals surface area contributed by atoms with Crippen molar-refractivity contribution in [2.24, 2.45) is 0 Å². The van der Waals surface area contributed by atoms with Crippen LogP contribution in [0.3, 0.4) is 0 Å². The van der Waals surface area contributed by atoms with Crippen LogP contribution in [0.2, 0.25) is 0 Å². The Labute approximate surface area is 152 Å². The maximum absolute atomic E-state index is 12.6. The molecule has 0 atom stereocenters. The van der Waals surface area contributed by atoms with Crippen molar-refractivity contribution in [1.82, 2.24) is 9.97 Å². The van der Waals surface area contributed by atoms with E-state index in [4.69, 9.17) is 4.74 Å². The highest BCUT2D eigenvalue weighted by Gasteiger charge is 2.11. The molecule has 0 unspecified atom stereocenters. The number of carbonyl (C=O) groups is 1. The van der Waals surface area contributed by atoms with E-state index in [-0.39, 0.29) is 5.91 Å². The van der Waals surface area contributed by atoms with Gasteiger partial charge in [0.15, 0.2) is 0 Å². The maximum atomic E-state index is 12.6. The minimum atomic E-state index is -0.244. The molecule has 0 spiro atoms. The molecule has 6 nitrogen and oxygen atoms in total. The van der Waals surface area contributed by atoms with Crippen LogP contribution in [0.25, 0.3) is 0 Å². The highest BCUT2D eigenvalue weighted by atomic mass is 16.5. The molecule has 1 aromatic carbocycles. The fraction of sp³-hybridized carbons (Fsp3) is 0.150. The lowest BCUT2D eigenvalue weighted by molar-refractivity contribution is 0.102. The van der Waals surface area contributed by atoms with Crippen molar-refractivity contribution >= 4 is 17.3 Å². The zero-order chi connectivity index (χ0) is 18.4. The van der Waals surface area contributed by atoms with Gasteiger partial charge < -0.3 is 15.4 Å². The molecule has 2 heterocycles. The summed E-state index contributed by atoms with van der Waals surface area (Å²) in [5.74, 6) is 0.370. The Kier molecular flexibility index (Phi) is 5.43. The Morgan fingerprint density at radius 2 is 2.00 bits per heavy atom. The highest BCUT2D eigenvalue weighted by molar-refractivity contribution is 6.05. The van der Waals surface area contributed by atoms with Gasteiger partial charge in [0.25, 0.3) is 5.91 Å². The predicted octanol–water partition coefficient (Wildman–Crippen LogP) is 3.66. The van der Waals surface area contributed by atoms with E-state index in [9.17, 15) is 4.79 Å². The van der Waals surface area contributed by atoms with Gasteiger partial charge in [0.05, 0.1) is 24.0 Å². The van der Waals surface area contributed by atoms with Gasteiger partial charge in [0, 0.05) is 31.3 Å². The minimum Gasteiger partial charge on any atom is -0.495 e. The highest BCUT2D eigenvalue weighted by Crippen LogP contribution is 2.25. The molecule has 0 aliphatic rings. The van der Waals surface area contributed by atoms with E-state index >= 15 is 0 Å². The van der Waals surface area contributed by atoms with Gasteiger partial charge in [-0.25, -0.2) is 0 Å². The Balaban J connectivity index is 1.71. The Morgan fingerprint density at radius 1 is 1.12 bits per heavy atom. The van der Waals surface area contributed by atoms with Gasteiger partial charge in [-0.05, 0) is 42.3 Å². The normalized spacial score (nSPS) is 10.2. The number of amides is 1. The molecule has 0 saturated heterocycles. The van der Waals surface area contributed by atoms with E-state index in [0.29, 0.717) is 23.5 Å². The van der Waals surface area contributed by atoms with Crippen molar-refractivity contribution in [2.75, 3.05) is 17.7 Å². The Hall–Kier alpha value is -3.41. The molecule has 2 N–H and O–H groups in total. The monoisotopic (exact) mass is 348 g/mol. The number of anilines is 2. The fourth-order valence-corrected chi connectivity index (χ4v) is 2.48. The number of hydrogen-bond acceptors (Lipinski definition) is 5. The third-order valence-electron chi connectivity index (χ3n) is 3.82. The smallest absolute Gasteiger partial charge is 0.257 e. The van der Waals surface area contributed by atoms with Crippen LogP contribution in [-0.2, 0) is 6.54 Å². The lowest BCUT2D eigenvalue weighted by Crippen LogP contribution is -2.13. The van der Waals surface area contributed by atoms with Gasteiger partial charge in [-0.3, -0.25) is 14.8 Å². The molecule has 2 aromatic heterocycles. The number of ether oxygens (including phenoxy) is 1. The predicted molar refractivity (Wildman–Crippen MR) is 101 cm³/mol. The third kappa shape index (κ3) is 4.36. The molecule has 0 aliphatic carbocycles. The van der Waals surface area contributed by atoms with Crippen LogP contribution >= 0.6 is 0 Å². The lowest BCUT2D eigenvalue weighted by atomic mass is 10.2. The number of hydrogen-bond donors (Lipinski definition) is 2. The van der Waals surface area contributed by atoms with E-state index in [0.717, 1.165) is 16.8 Å². The summed E-state index contributed by atoms with van der Waals surface area (Å²) in [6.07, 6.45) is 6.74. The fourth-order valence-electron chi connectivity index (χ4n) is 2.48. The number of methoxy groups -OCH3 is 1. The number of aryl methyl sites for hydroxylation is 1. The maximum Gasteiger partial charge on any atom is 0.257 e. The summed E-state index contributed by atoms with van der Waals surface area (Å²) in [4.78, 5) is 20.8. The van der Waals surface area contributed by atoms with Crippen molar-refractivity contribution in [3.63, 3.8) is 0 Å². The number of aromatic nitrogens is 2. The first-order valence-electron chi connectivity index (χ1n) is 8.19. The second kappa shape index (κ2) is 8.11. The summed E-state index contributed by atoms with van der Waals surface area (Å²) in [7, 11) is 1.57. The van der Waals surface area contributed by atoms with Gasteiger partial charge >= 0.3 is 0 Å². The SMILES string of the molecule is COc1ccc(C)cc1NC(=O)c1cncc(NCc2cccnc2)c1. The van der Waals surface area contributed by atoms with Gasteiger partial charge in [-0.2, -0.15) is 0 Å². The van der Waals surface area contributed by atoms with E-state index in [1.807, 2.05) is 37.3 Å². The quantitative estimate of drug-likeness (QED) is 0.711. The zero-order valence-corrected chi connectivity index (χ0v) is 14.7. The number of carbonyl (C=O) groups excluding carboxylic acids is 1. The van der Waals surface area contributed by atoms with Gasteiger partial charge in [-0.15, -0.1) is 0 Å². The summed E-state index contributed by atoms with van der Waals surface area (Å²) >= 11 is 0. The van der Waals surface area contributed by atoms with Crippen LogP contribution in [0.15, 0.2) is 61.2 Å². The summed E-state index contributed by atoms with van der Waals surface area (Å²) in [6.45, 7) is 2.56. The molecule has 132 valence electrons. The van der Waals surface area contributed by atoms with E-state index < -0.39 is 0 Å². The van der Waals surface area contributed by atoms with Crippen LogP contribution in [0.1, 0.15) is 21.5 Å². The van der Waals surface area contributed by atoms with Crippen LogP contribution in [-0.4, -0.2) is 23.0 Å². The second-order valence-corrected chi connectivity index (χ2v) is 5.83. The Morgan fingerprint density at radius 3 is 2.77 bits per heavy atom. The topological polar surface area (TPSA) is 76.1 Å². The molecule has 3 aromatic rings. The van der Waals surface area contributed by atoms with Crippen LogP contribution in [0.5, 0.6) is 5.75 Å². The molecule has 26 heavy (non-hydrogen) atoms. The van der Waals surface area contributed by atoms with Crippen molar-refractivity contribution in [3.8, 4) is 5.75 Å². The van der Waals surface area contributed by atoms with Gasteiger partial charge in [0.1, 0.15) is 5.75 Å². The van der Waals surface area contributed by atoms with E-state index in [2.05, 4.69) is 20.6 Å². The molecular weight excluding hydrogens is 328 g/mol. The first kappa shape index (κ1) is 17.4. The van der Waals surface area contributed by atoms with Crippen LogP contribution in [0.4, 0.5) is 11.4 Å². The standard InChI is InChI=1S/C20H20N4O2/c1-14-5-6-19(26-2)18(8-14)24-20(25)16-9-17(13-22-12-16)23-11-15-4-3-7-21-10-15/h3-10,12-13,23H,11H2,1-2H3,(H,24,25). The summed E-state index contributed by atoms with van der Waals surface area (Å²) in [5, 5.41) is 6.12. The van der Waals surface area contributed by atoms with Gasteiger partial charge in [-0.1, -0.05) is 12.1 Å². The first-order chi connectivity index (χ1) is 12.7. The first-order valence-corrected chi connectivity index (χ1v) is 8.19. The number of benzene rings is 1. The summed E-state index contributed by atoms with van der Waals surface area (Å²) in [6, 6.07) is 11.3. The molecule has 0 bridgehead atoms. The summed E-state index contributed by atoms with van der Waals surface area (Å²) < 4.78 is 5.30. The number of rotatable bonds is 6. The largest absolute Gasteiger partial charge is 0.495 e. The molecule has 6 heteroatoms. The molecular formula is C20H20N4O2. The third-order valence-corrected chi connectivity index (χ3v) is 3.82. The molecule has 1 amide bonds. The van der Waals surface area contributed by atoms with E-state index in [1.54, 1.807) is 31.8 Å². The average Bonchev–Trinajstić information content (AvgIpc) is 2.67. The average molecular weight is 348 g/mol. The van der Waals surface area contributed by atoms with Crippen LogP contribution in [0, 0.1) is 6.92 Å². The van der Waals surface area contributed by atoms with Crippen molar-refractivity contribution < 1.29 is 9.53 Å². The van der Waals surface area contributed by atoms with Crippen LogP contribution < -0.4 is 15.4 Å². The lowest BCUT2D eigenvalue weighted by Gasteiger charge is -2.12. The second-order valence-electron chi connectivity index (χ2n) is 5.83. The molecule has 0 aliphatic heterocycles. The van der Waals surface area contributed by atoms with Crippen molar-refractivity contribution in [1.29, 1.82) is 0 Å². The molecule has 0 fully saturated rings. The molecule has 0 radical (unpaired) electrons. The number of nitrogens with zero attached hydrogens (tertiary/aromatic N) is 2. The zero-order valence-electron chi connectivity index (χ0n) is 14.7. The van der Waals surface area contributed by atoms with Gasteiger partial charge in [0.2, 0.25) is 0 Å². The summed E-state index contributed by atoms with van der Waals surface area (Å²) in [5.41, 5.74) is 3.94. The molecule has 3 rings (SSSR count). The number of nitrogens with one attached hydrogen (secondary N) is 2. The Bertz CT molecular complexity index is 897. The van der Waals surface area contributed by atoms with E-state index in [1.165, 1.54) is 6.20 Å². The number of pyridine rings is 2. The van der Waals surface area contributed by atoms with Crippen molar-refractivity contribution in [3.05, 3.63) is 77.9 Å². The molecule has 0 saturated carbocycles. The van der Waals surface area contributed by atoms with Crippen molar-refractivity contribution in [2.45, 2.75) is 13.5 Å². The minimum absolute atomic E-state index is 0.244.